The minimum Gasteiger partial charge on any atom is -0.443 e. The monoisotopic (exact) mass is 214 g/mol. The highest BCUT2D eigenvalue weighted by atomic mass is 35.5. The summed E-state index contributed by atoms with van der Waals surface area (Å²) in [6.45, 7) is 0.381. The van der Waals surface area contributed by atoms with Crippen molar-refractivity contribution in [1.29, 1.82) is 0 Å². The maximum atomic E-state index is 5.91. The van der Waals surface area contributed by atoms with E-state index in [-0.39, 0.29) is 0 Å². The van der Waals surface area contributed by atoms with Crippen molar-refractivity contribution in [2.75, 3.05) is 0 Å². The van der Waals surface area contributed by atoms with E-state index < -0.39 is 0 Å². The first-order valence-electron chi connectivity index (χ1n) is 3.69. The second kappa shape index (κ2) is 3.49. The first-order chi connectivity index (χ1) is 6.31. The molecule has 0 aromatic carbocycles. The van der Waals surface area contributed by atoms with Crippen LogP contribution in [0.5, 0.6) is 0 Å². The van der Waals surface area contributed by atoms with Gasteiger partial charge in [0.05, 0.1) is 10.7 Å². The summed E-state index contributed by atoms with van der Waals surface area (Å²) in [5.41, 5.74) is 6.14. The minimum atomic E-state index is 0.381. The molecule has 13 heavy (non-hydrogen) atoms. The highest BCUT2D eigenvalue weighted by Crippen LogP contribution is 2.32. The average molecular weight is 215 g/mol. The Balaban J connectivity index is 2.41. The number of hydrogen-bond donors (Lipinski definition) is 1. The van der Waals surface area contributed by atoms with Crippen LogP contribution in [-0.2, 0) is 6.54 Å². The Morgan fingerprint density at radius 1 is 1.62 bits per heavy atom. The highest BCUT2D eigenvalue weighted by Gasteiger charge is 2.10. The molecule has 3 nitrogen and oxygen atoms in total. The molecule has 68 valence electrons. The van der Waals surface area contributed by atoms with Crippen LogP contribution in [0.2, 0.25) is 5.02 Å². The topological polar surface area (TPSA) is 52.0 Å². The molecule has 2 aromatic rings. The third-order valence-corrected chi connectivity index (χ3v) is 2.90. The molecule has 0 aliphatic rings. The fraction of sp³-hybridized carbons (Fsp3) is 0.125. The van der Waals surface area contributed by atoms with Gasteiger partial charge in [-0.1, -0.05) is 11.6 Å². The van der Waals surface area contributed by atoms with Gasteiger partial charge in [-0.2, -0.15) is 0 Å². The van der Waals surface area contributed by atoms with Crippen LogP contribution >= 0.6 is 22.9 Å². The van der Waals surface area contributed by atoms with Crippen LogP contribution < -0.4 is 5.73 Å². The molecule has 0 saturated heterocycles. The first-order valence-corrected chi connectivity index (χ1v) is 4.95. The van der Waals surface area contributed by atoms with Crippen LogP contribution in [0.25, 0.3) is 10.8 Å². The summed E-state index contributed by atoms with van der Waals surface area (Å²) in [6.07, 6.45) is 1.55. The maximum absolute atomic E-state index is 5.91. The van der Waals surface area contributed by atoms with E-state index >= 15 is 0 Å². The Morgan fingerprint density at radius 3 is 3.00 bits per heavy atom. The summed E-state index contributed by atoms with van der Waals surface area (Å²) in [6, 6.07) is 1.81. The molecule has 2 aromatic heterocycles. The average Bonchev–Trinajstić information content (AvgIpc) is 2.71. The summed E-state index contributed by atoms with van der Waals surface area (Å²) in [7, 11) is 0. The van der Waals surface area contributed by atoms with Gasteiger partial charge in [0.25, 0.3) is 0 Å². The largest absolute Gasteiger partial charge is 0.443 e. The van der Waals surface area contributed by atoms with Gasteiger partial charge in [-0.15, -0.1) is 11.3 Å². The van der Waals surface area contributed by atoms with Crippen molar-refractivity contribution in [2.24, 2.45) is 5.73 Å². The minimum absolute atomic E-state index is 0.381. The number of aromatic nitrogens is 1. The van der Waals surface area contributed by atoms with E-state index in [1.807, 2.05) is 11.4 Å². The van der Waals surface area contributed by atoms with E-state index in [9.17, 15) is 0 Å². The maximum Gasteiger partial charge on any atom is 0.238 e. The van der Waals surface area contributed by atoms with Crippen molar-refractivity contribution in [1.82, 2.24) is 4.98 Å². The number of oxazole rings is 1. The van der Waals surface area contributed by atoms with Crippen molar-refractivity contribution in [2.45, 2.75) is 6.54 Å². The number of nitrogens with two attached hydrogens (primary N) is 1. The Morgan fingerprint density at radius 2 is 2.46 bits per heavy atom. The van der Waals surface area contributed by atoms with Gasteiger partial charge in [0.2, 0.25) is 5.89 Å². The lowest BCUT2D eigenvalue weighted by atomic mass is 10.4. The van der Waals surface area contributed by atoms with Crippen LogP contribution in [-0.4, -0.2) is 4.98 Å². The molecule has 0 fully saturated rings. The quantitative estimate of drug-likeness (QED) is 0.836. The zero-order valence-corrected chi connectivity index (χ0v) is 8.23. The molecule has 0 bridgehead atoms. The Labute approximate surface area is 84.2 Å². The van der Waals surface area contributed by atoms with Gasteiger partial charge < -0.3 is 10.2 Å². The van der Waals surface area contributed by atoms with Crippen LogP contribution in [0.1, 0.15) is 5.69 Å². The molecule has 0 saturated carbocycles. The van der Waals surface area contributed by atoms with Gasteiger partial charge in [-0.25, -0.2) is 4.98 Å². The van der Waals surface area contributed by atoms with Crippen molar-refractivity contribution < 1.29 is 4.42 Å². The van der Waals surface area contributed by atoms with Crippen molar-refractivity contribution in [3.8, 4) is 10.8 Å². The smallest absolute Gasteiger partial charge is 0.238 e. The van der Waals surface area contributed by atoms with E-state index in [2.05, 4.69) is 4.98 Å². The SMILES string of the molecule is NCc1coc(-c2sccc2Cl)n1. The van der Waals surface area contributed by atoms with E-state index in [1.54, 1.807) is 6.26 Å². The van der Waals surface area contributed by atoms with Crippen LogP contribution in [0.3, 0.4) is 0 Å². The molecule has 2 heterocycles. The lowest BCUT2D eigenvalue weighted by Crippen LogP contribution is -1.95. The van der Waals surface area contributed by atoms with Gasteiger partial charge in [-0.3, -0.25) is 0 Å². The van der Waals surface area contributed by atoms with E-state index in [4.69, 9.17) is 21.8 Å². The first kappa shape index (κ1) is 8.74. The van der Waals surface area contributed by atoms with Crippen molar-refractivity contribution in [3.05, 3.63) is 28.4 Å². The summed E-state index contributed by atoms with van der Waals surface area (Å²) < 4.78 is 5.22. The van der Waals surface area contributed by atoms with Gasteiger partial charge in [-0.05, 0) is 11.4 Å². The fourth-order valence-electron chi connectivity index (χ4n) is 0.951. The Kier molecular flexibility index (Phi) is 2.35. The van der Waals surface area contributed by atoms with Gasteiger partial charge in [0, 0.05) is 6.54 Å². The molecule has 0 aliphatic heterocycles. The van der Waals surface area contributed by atoms with Crippen LogP contribution in [0, 0.1) is 0 Å². The number of hydrogen-bond acceptors (Lipinski definition) is 4. The van der Waals surface area contributed by atoms with Crippen LogP contribution in [0.15, 0.2) is 22.1 Å². The zero-order valence-electron chi connectivity index (χ0n) is 6.66. The molecule has 0 atom stereocenters. The van der Waals surface area contributed by atoms with Gasteiger partial charge in [0.1, 0.15) is 11.1 Å². The number of nitrogens with zero attached hydrogens (tertiary/aromatic N) is 1. The molecular formula is C8H7ClN2OS. The lowest BCUT2D eigenvalue weighted by molar-refractivity contribution is 0.574. The Hall–Kier alpha value is -0.840. The van der Waals surface area contributed by atoms with E-state index in [0.29, 0.717) is 17.5 Å². The molecule has 0 spiro atoms. The summed E-state index contributed by atoms with van der Waals surface area (Å²) in [4.78, 5) is 5.01. The molecule has 2 rings (SSSR count). The van der Waals surface area contributed by atoms with E-state index in [0.717, 1.165) is 10.6 Å². The third-order valence-electron chi connectivity index (χ3n) is 1.57. The predicted molar refractivity (Wildman–Crippen MR) is 52.7 cm³/mol. The summed E-state index contributed by atoms with van der Waals surface area (Å²) >= 11 is 7.40. The van der Waals surface area contributed by atoms with Crippen molar-refractivity contribution >= 4 is 22.9 Å². The second-order valence-corrected chi connectivity index (χ2v) is 3.77. The van der Waals surface area contributed by atoms with Gasteiger partial charge in [0.15, 0.2) is 0 Å². The summed E-state index contributed by atoms with van der Waals surface area (Å²) in [5.74, 6) is 0.542. The molecule has 0 radical (unpaired) electrons. The lowest BCUT2D eigenvalue weighted by Gasteiger charge is -1.88. The normalized spacial score (nSPS) is 10.6. The van der Waals surface area contributed by atoms with Gasteiger partial charge >= 0.3 is 0 Å². The number of halogens is 1. The zero-order chi connectivity index (χ0) is 9.26. The summed E-state index contributed by atoms with van der Waals surface area (Å²) in [5, 5.41) is 2.56. The molecule has 0 aliphatic carbocycles. The van der Waals surface area contributed by atoms with Crippen molar-refractivity contribution in [3.63, 3.8) is 0 Å². The van der Waals surface area contributed by atoms with Crippen LogP contribution in [0.4, 0.5) is 0 Å². The molecule has 0 amide bonds. The molecule has 0 unspecified atom stereocenters. The van der Waals surface area contributed by atoms with E-state index in [1.165, 1.54) is 11.3 Å². The second-order valence-electron chi connectivity index (χ2n) is 2.45. The molecular weight excluding hydrogens is 208 g/mol. The number of thiophene rings is 1. The number of rotatable bonds is 2. The molecule has 5 heteroatoms. The molecule has 2 N–H and O–H groups in total. The third kappa shape index (κ3) is 1.60. The standard InChI is InChI=1S/C8H7ClN2OS/c9-6-1-2-13-7(6)8-11-5(3-10)4-12-8/h1-2,4H,3,10H2. The predicted octanol–water partition coefficient (Wildman–Crippen LogP) is 2.52. The fourth-order valence-corrected chi connectivity index (χ4v) is 2.02. The highest BCUT2D eigenvalue weighted by molar-refractivity contribution is 7.14. The Bertz CT molecular complexity index is 410.